The van der Waals surface area contributed by atoms with Gasteiger partial charge in [-0.1, -0.05) is 26.0 Å². The molecule has 0 fully saturated rings. The van der Waals surface area contributed by atoms with E-state index in [-0.39, 0.29) is 11.9 Å². The number of aromatic amines is 1. The van der Waals surface area contributed by atoms with Crippen molar-refractivity contribution in [2.45, 2.75) is 46.7 Å². The molecule has 25 heavy (non-hydrogen) atoms. The molecule has 0 aliphatic rings. The van der Waals surface area contributed by atoms with Crippen molar-refractivity contribution >= 4 is 16.9 Å². The molecule has 0 aliphatic carbocycles. The van der Waals surface area contributed by atoms with Crippen LogP contribution in [0.3, 0.4) is 0 Å². The van der Waals surface area contributed by atoms with Gasteiger partial charge in [-0.15, -0.1) is 0 Å². The molecule has 3 rings (SSSR count). The summed E-state index contributed by atoms with van der Waals surface area (Å²) >= 11 is 0. The number of rotatable bonds is 6. The van der Waals surface area contributed by atoms with Crippen molar-refractivity contribution in [2.24, 2.45) is 5.92 Å². The Bertz CT molecular complexity index is 822. The second-order valence-electron chi connectivity index (χ2n) is 7.09. The van der Waals surface area contributed by atoms with Gasteiger partial charge in [0.15, 0.2) is 0 Å². The number of benzene rings is 1. The molecule has 0 aliphatic heterocycles. The summed E-state index contributed by atoms with van der Waals surface area (Å²) in [5.41, 5.74) is 4.11. The van der Waals surface area contributed by atoms with Crippen LogP contribution >= 0.6 is 0 Å². The lowest BCUT2D eigenvalue weighted by Gasteiger charge is -2.19. The van der Waals surface area contributed by atoms with E-state index in [0.717, 1.165) is 34.7 Å². The number of hydrogen-bond acceptors (Lipinski definition) is 2. The van der Waals surface area contributed by atoms with Crippen LogP contribution in [0.1, 0.15) is 43.5 Å². The SMILES string of the molecule is Cc1ccc(C)n1CC(=O)N[C@@H](CC(C)C)c1nc2ccccc2[nH]1. The van der Waals surface area contributed by atoms with Gasteiger partial charge >= 0.3 is 0 Å². The normalized spacial score (nSPS) is 12.7. The molecule has 0 radical (unpaired) electrons. The zero-order chi connectivity index (χ0) is 18.0. The van der Waals surface area contributed by atoms with Crippen LogP contribution in [0.5, 0.6) is 0 Å². The molecule has 132 valence electrons. The highest BCUT2D eigenvalue weighted by Gasteiger charge is 2.20. The fourth-order valence-corrected chi connectivity index (χ4v) is 3.18. The van der Waals surface area contributed by atoms with E-state index in [0.29, 0.717) is 12.5 Å². The molecule has 1 aromatic carbocycles. The van der Waals surface area contributed by atoms with Gasteiger partial charge in [-0.2, -0.15) is 0 Å². The number of fused-ring (bicyclic) bond motifs is 1. The average molecular weight is 338 g/mol. The lowest BCUT2D eigenvalue weighted by Crippen LogP contribution is -2.33. The minimum atomic E-state index is -0.115. The Morgan fingerprint density at radius 1 is 1.16 bits per heavy atom. The van der Waals surface area contributed by atoms with Crippen molar-refractivity contribution in [2.75, 3.05) is 0 Å². The highest BCUT2D eigenvalue weighted by molar-refractivity contribution is 5.77. The number of carbonyl (C=O) groups excluding carboxylic acids is 1. The second-order valence-corrected chi connectivity index (χ2v) is 7.09. The van der Waals surface area contributed by atoms with Gasteiger partial charge in [-0.25, -0.2) is 4.98 Å². The van der Waals surface area contributed by atoms with Crippen LogP contribution in [0.15, 0.2) is 36.4 Å². The van der Waals surface area contributed by atoms with Crippen molar-refractivity contribution in [3.63, 3.8) is 0 Å². The number of para-hydroxylation sites is 2. The maximum atomic E-state index is 12.6. The first-order valence-electron chi connectivity index (χ1n) is 8.80. The Kier molecular flexibility index (Phi) is 4.93. The Balaban J connectivity index is 1.79. The highest BCUT2D eigenvalue weighted by atomic mass is 16.2. The van der Waals surface area contributed by atoms with Crippen LogP contribution in [0.25, 0.3) is 11.0 Å². The van der Waals surface area contributed by atoms with Gasteiger partial charge in [-0.3, -0.25) is 4.79 Å². The summed E-state index contributed by atoms with van der Waals surface area (Å²) in [6.07, 6.45) is 0.842. The molecule has 3 aromatic rings. The third-order valence-electron chi connectivity index (χ3n) is 4.50. The predicted octanol–water partition coefficient (Wildman–Crippen LogP) is 3.88. The van der Waals surface area contributed by atoms with Gasteiger partial charge in [0.1, 0.15) is 12.4 Å². The van der Waals surface area contributed by atoms with E-state index in [1.807, 2.05) is 54.8 Å². The van der Waals surface area contributed by atoms with Gasteiger partial charge in [0, 0.05) is 11.4 Å². The second kappa shape index (κ2) is 7.13. The molecule has 2 aromatic heterocycles. The van der Waals surface area contributed by atoms with E-state index >= 15 is 0 Å². The predicted molar refractivity (Wildman–Crippen MR) is 100 cm³/mol. The lowest BCUT2D eigenvalue weighted by molar-refractivity contribution is -0.122. The van der Waals surface area contributed by atoms with Crippen molar-refractivity contribution in [1.82, 2.24) is 19.9 Å². The molecule has 1 atom stereocenters. The topological polar surface area (TPSA) is 62.7 Å². The lowest BCUT2D eigenvalue weighted by atomic mass is 10.0. The van der Waals surface area contributed by atoms with E-state index in [9.17, 15) is 4.79 Å². The van der Waals surface area contributed by atoms with Crippen LogP contribution in [0.4, 0.5) is 0 Å². The minimum absolute atomic E-state index is 0.00788. The standard InChI is InChI=1S/C20H26N4O/c1-13(2)11-18(20-22-16-7-5-6-8-17(16)23-20)21-19(25)12-24-14(3)9-10-15(24)4/h5-10,13,18H,11-12H2,1-4H3,(H,21,25)(H,22,23)/t18-/m0/s1. The number of nitrogens with zero attached hydrogens (tertiary/aromatic N) is 2. The van der Waals surface area contributed by atoms with Crippen molar-refractivity contribution in [1.29, 1.82) is 0 Å². The van der Waals surface area contributed by atoms with Crippen LogP contribution in [-0.4, -0.2) is 20.4 Å². The summed E-state index contributed by atoms with van der Waals surface area (Å²) in [5.74, 6) is 1.28. The molecular weight excluding hydrogens is 312 g/mol. The maximum absolute atomic E-state index is 12.6. The van der Waals surface area contributed by atoms with Gasteiger partial charge in [0.2, 0.25) is 5.91 Å². The molecule has 5 nitrogen and oxygen atoms in total. The van der Waals surface area contributed by atoms with Gasteiger partial charge < -0.3 is 14.9 Å². The number of carbonyl (C=O) groups is 1. The summed E-state index contributed by atoms with van der Waals surface area (Å²) in [7, 11) is 0. The highest BCUT2D eigenvalue weighted by Crippen LogP contribution is 2.22. The van der Waals surface area contributed by atoms with Crippen LogP contribution in [0.2, 0.25) is 0 Å². The number of aromatic nitrogens is 3. The maximum Gasteiger partial charge on any atom is 0.240 e. The van der Waals surface area contributed by atoms with Crippen molar-refractivity contribution in [3.05, 3.63) is 53.6 Å². The quantitative estimate of drug-likeness (QED) is 0.716. The summed E-state index contributed by atoms with van der Waals surface area (Å²) in [6, 6.07) is 11.9. The first-order chi connectivity index (χ1) is 11.9. The molecule has 0 unspecified atom stereocenters. The number of hydrogen-bond donors (Lipinski definition) is 2. The monoisotopic (exact) mass is 338 g/mol. The zero-order valence-corrected chi connectivity index (χ0v) is 15.3. The molecule has 0 spiro atoms. The van der Waals surface area contributed by atoms with Gasteiger partial charge in [-0.05, 0) is 50.5 Å². The van der Waals surface area contributed by atoms with Crippen LogP contribution in [0, 0.1) is 19.8 Å². The molecule has 0 saturated carbocycles. The molecule has 0 saturated heterocycles. The number of nitrogens with one attached hydrogen (secondary N) is 2. The molecule has 2 heterocycles. The average Bonchev–Trinajstić information content (AvgIpc) is 3.12. The first-order valence-corrected chi connectivity index (χ1v) is 8.80. The van der Waals surface area contributed by atoms with Crippen molar-refractivity contribution in [3.8, 4) is 0 Å². The van der Waals surface area contributed by atoms with Crippen LogP contribution in [-0.2, 0) is 11.3 Å². The molecule has 5 heteroatoms. The van der Waals surface area contributed by atoms with E-state index < -0.39 is 0 Å². The summed E-state index contributed by atoms with van der Waals surface area (Å²) in [4.78, 5) is 20.7. The van der Waals surface area contributed by atoms with E-state index in [1.165, 1.54) is 0 Å². The molecule has 0 bridgehead atoms. The molecular formula is C20H26N4O. The van der Waals surface area contributed by atoms with E-state index in [1.54, 1.807) is 0 Å². The third-order valence-corrected chi connectivity index (χ3v) is 4.50. The summed E-state index contributed by atoms with van der Waals surface area (Å²) in [5, 5.41) is 3.16. The Hall–Kier alpha value is -2.56. The first kappa shape index (κ1) is 17.3. The fourth-order valence-electron chi connectivity index (χ4n) is 3.18. The Morgan fingerprint density at radius 2 is 1.84 bits per heavy atom. The Labute approximate surface area is 148 Å². The largest absolute Gasteiger partial charge is 0.345 e. The van der Waals surface area contributed by atoms with Gasteiger partial charge in [0.05, 0.1) is 17.1 Å². The van der Waals surface area contributed by atoms with Crippen molar-refractivity contribution < 1.29 is 4.79 Å². The molecule has 1 amide bonds. The summed E-state index contributed by atoms with van der Waals surface area (Å²) < 4.78 is 2.03. The number of amides is 1. The fraction of sp³-hybridized carbons (Fsp3) is 0.400. The number of imidazole rings is 1. The Morgan fingerprint density at radius 3 is 2.48 bits per heavy atom. The van der Waals surface area contributed by atoms with Gasteiger partial charge in [0.25, 0.3) is 0 Å². The number of H-pyrrole nitrogens is 1. The van der Waals surface area contributed by atoms with E-state index in [2.05, 4.69) is 29.1 Å². The smallest absolute Gasteiger partial charge is 0.240 e. The third kappa shape index (κ3) is 3.92. The summed E-state index contributed by atoms with van der Waals surface area (Å²) in [6.45, 7) is 8.68. The minimum Gasteiger partial charge on any atom is -0.345 e. The zero-order valence-electron chi connectivity index (χ0n) is 15.3. The number of aryl methyl sites for hydroxylation is 2. The van der Waals surface area contributed by atoms with Crippen LogP contribution < -0.4 is 5.32 Å². The van der Waals surface area contributed by atoms with E-state index in [4.69, 9.17) is 0 Å². The molecule has 2 N–H and O–H groups in total.